The molecule has 0 radical (unpaired) electrons. The third-order valence-corrected chi connectivity index (χ3v) is 4.55. The Morgan fingerprint density at radius 3 is 2.41 bits per heavy atom. The number of amides is 2. The van der Waals surface area contributed by atoms with Gasteiger partial charge in [0.15, 0.2) is 6.61 Å². The lowest BCUT2D eigenvalue weighted by Crippen LogP contribution is -2.40. The van der Waals surface area contributed by atoms with Crippen LogP contribution in [-0.2, 0) is 9.59 Å². The summed E-state index contributed by atoms with van der Waals surface area (Å²) in [6, 6.07) is 19.4. The summed E-state index contributed by atoms with van der Waals surface area (Å²) in [5.41, 5.74) is 1.22. The fourth-order valence-corrected chi connectivity index (χ4v) is 3.09. The summed E-state index contributed by atoms with van der Waals surface area (Å²) in [7, 11) is 0. The topological polar surface area (TPSA) is 70.7 Å². The minimum Gasteiger partial charge on any atom is -0.484 e. The number of rotatable bonds is 8. The number of nitrogens with one attached hydrogen (secondary N) is 2. The van der Waals surface area contributed by atoms with Crippen LogP contribution < -0.4 is 20.3 Å². The van der Waals surface area contributed by atoms with E-state index in [1.165, 1.54) is 5.69 Å². The maximum absolute atomic E-state index is 11.9. The molecule has 6 nitrogen and oxygen atoms in total. The molecule has 6 heteroatoms. The van der Waals surface area contributed by atoms with Gasteiger partial charge in [-0.05, 0) is 36.6 Å². The Bertz CT molecular complexity index is 737. The number of carbonyl (C=O) groups is 2. The highest BCUT2D eigenvalue weighted by molar-refractivity contribution is 5.85. The minimum absolute atomic E-state index is 0.0356. The molecule has 0 bridgehead atoms. The molecular formula is C21H25N3O3. The number of benzene rings is 2. The lowest BCUT2D eigenvalue weighted by Gasteiger charge is -2.18. The van der Waals surface area contributed by atoms with Crippen LogP contribution in [0.3, 0.4) is 0 Å². The van der Waals surface area contributed by atoms with E-state index in [1.54, 1.807) is 12.1 Å². The molecule has 1 unspecified atom stereocenters. The van der Waals surface area contributed by atoms with Crippen LogP contribution in [0.2, 0.25) is 0 Å². The highest BCUT2D eigenvalue weighted by atomic mass is 16.5. The first-order chi connectivity index (χ1) is 13.2. The minimum atomic E-state index is -0.315. The molecular weight excluding hydrogens is 342 g/mol. The fourth-order valence-electron chi connectivity index (χ4n) is 3.09. The molecule has 2 amide bonds. The van der Waals surface area contributed by atoms with Crippen molar-refractivity contribution in [2.45, 2.75) is 6.42 Å². The average Bonchev–Trinajstić information content (AvgIpc) is 3.20. The molecule has 2 aromatic rings. The lowest BCUT2D eigenvalue weighted by atomic mass is 10.1. The van der Waals surface area contributed by atoms with Crippen molar-refractivity contribution in [2.75, 3.05) is 37.7 Å². The zero-order valence-electron chi connectivity index (χ0n) is 15.3. The lowest BCUT2D eigenvalue weighted by molar-refractivity contribution is -0.127. The van der Waals surface area contributed by atoms with Gasteiger partial charge in [0.05, 0.1) is 6.54 Å². The fraction of sp³-hybridized carbons (Fsp3) is 0.333. The Kier molecular flexibility index (Phi) is 6.68. The van der Waals surface area contributed by atoms with Crippen molar-refractivity contribution in [3.8, 4) is 5.75 Å². The van der Waals surface area contributed by atoms with Crippen molar-refractivity contribution in [2.24, 2.45) is 5.92 Å². The average molecular weight is 367 g/mol. The molecule has 1 saturated heterocycles. The molecule has 1 aliphatic rings. The van der Waals surface area contributed by atoms with Crippen LogP contribution in [0.25, 0.3) is 0 Å². The zero-order valence-corrected chi connectivity index (χ0v) is 15.3. The van der Waals surface area contributed by atoms with Gasteiger partial charge in [-0.1, -0.05) is 36.4 Å². The van der Waals surface area contributed by atoms with Gasteiger partial charge >= 0.3 is 0 Å². The molecule has 0 aliphatic carbocycles. The van der Waals surface area contributed by atoms with E-state index >= 15 is 0 Å². The Labute approximate surface area is 159 Å². The maximum Gasteiger partial charge on any atom is 0.258 e. The second kappa shape index (κ2) is 9.62. The first kappa shape index (κ1) is 18.8. The van der Waals surface area contributed by atoms with Gasteiger partial charge in [-0.3, -0.25) is 9.59 Å². The summed E-state index contributed by atoms with van der Waals surface area (Å²) >= 11 is 0. The van der Waals surface area contributed by atoms with Crippen LogP contribution in [0, 0.1) is 5.92 Å². The van der Waals surface area contributed by atoms with E-state index in [9.17, 15) is 9.59 Å². The van der Waals surface area contributed by atoms with Gasteiger partial charge in [0, 0.05) is 25.3 Å². The van der Waals surface area contributed by atoms with Gasteiger partial charge < -0.3 is 20.3 Å². The normalized spacial score (nSPS) is 16.0. The van der Waals surface area contributed by atoms with Gasteiger partial charge in [-0.2, -0.15) is 0 Å². The molecule has 1 atom stereocenters. The Hall–Kier alpha value is -3.02. The highest BCUT2D eigenvalue weighted by Gasteiger charge is 2.22. The van der Waals surface area contributed by atoms with Crippen LogP contribution in [0.1, 0.15) is 6.42 Å². The third-order valence-electron chi connectivity index (χ3n) is 4.55. The summed E-state index contributed by atoms with van der Waals surface area (Å²) in [5.74, 6) is 0.555. The van der Waals surface area contributed by atoms with Gasteiger partial charge in [0.2, 0.25) is 5.91 Å². The number of anilines is 1. The van der Waals surface area contributed by atoms with Crippen molar-refractivity contribution < 1.29 is 14.3 Å². The smallest absolute Gasteiger partial charge is 0.258 e. The van der Waals surface area contributed by atoms with Crippen LogP contribution in [0.5, 0.6) is 5.75 Å². The molecule has 1 heterocycles. The SMILES string of the molecule is O=C(CNC(=O)COc1ccccc1)NCC1CCN(c2ccccc2)C1. The van der Waals surface area contributed by atoms with Crippen molar-refractivity contribution in [1.29, 1.82) is 0 Å². The predicted octanol–water partition coefficient (Wildman–Crippen LogP) is 1.82. The Balaban J connectivity index is 1.30. The number of carbonyl (C=O) groups excluding carboxylic acids is 2. The van der Waals surface area contributed by atoms with Crippen molar-refractivity contribution in [3.63, 3.8) is 0 Å². The predicted molar refractivity (Wildman–Crippen MR) is 105 cm³/mol. The molecule has 27 heavy (non-hydrogen) atoms. The van der Waals surface area contributed by atoms with Gasteiger partial charge in [-0.25, -0.2) is 0 Å². The summed E-state index contributed by atoms with van der Waals surface area (Å²) in [6.45, 7) is 2.41. The molecule has 0 saturated carbocycles. The number of para-hydroxylation sites is 2. The van der Waals surface area contributed by atoms with E-state index in [-0.39, 0.29) is 25.0 Å². The quantitative estimate of drug-likeness (QED) is 0.747. The number of hydrogen-bond acceptors (Lipinski definition) is 4. The van der Waals surface area contributed by atoms with Crippen molar-refractivity contribution >= 4 is 17.5 Å². The maximum atomic E-state index is 11.9. The first-order valence-electron chi connectivity index (χ1n) is 9.22. The number of nitrogens with zero attached hydrogens (tertiary/aromatic N) is 1. The van der Waals surface area contributed by atoms with Gasteiger partial charge in [0.25, 0.3) is 5.91 Å². The molecule has 0 aromatic heterocycles. The monoisotopic (exact) mass is 367 g/mol. The number of hydrogen-bond donors (Lipinski definition) is 2. The summed E-state index contributed by atoms with van der Waals surface area (Å²) in [5, 5.41) is 5.48. The van der Waals surface area contributed by atoms with E-state index in [4.69, 9.17) is 4.74 Å². The zero-order chi connectivity index (χ0) is 18.9. The van der Waals surface area contributed by atoms with E-state index in [2.05, 4.69) is 27.7 Å². The Morgan fingerprint density at radius 1 is 0.963 bits per heavy atom. The molecule has 1 aliphatic heterocycles. The molecule has 142 valence electrons. The summed E-state index contributed by atoms with van der Waals surface area (Å²) in [4.78, 5) is 26.0. The first-order valence-corrected chi connectivity index (χ1v) is 9.22. The number of ether oxygens (including phenoxy) is 1. The highest BCUT2D eigenvalue weighted by Crippen LogP contribution is 2.22. The standard InChI is InChI=1S/C21H25N3O3/c25-20(14-23-21(26)16-27-19-9-5-2-6-10-19)22-13-17-11-12-24(15-17)18-7-3-1-4-8-18/h1-10,17H,11-16H2,(H,22,25)(H,23,26). The molecule has 2 aromatic carbocycles. The molecule has 3 rings (SSSR count). The van der Waals surface area contributed by atoms with E-state index in [1.807, 2.05) is 36.4 Å². The molecule has 2 N–H and O–H groups in total. The van der Waals surface area contributed by atoms with Crippen molar-refractivity contribution in [1.82, 2.24) is 10.6 Å². The molecule has 1 fully saturated rings. The summed E-state index contributed by atoms with van der Waals surface area (Å²) < 4.78 is 5.35. The van der Waals surface area contributed by atoms with Crippen molar-refractivity contribution in [3.05, 3.63) is 60.7 Å². The van der Waals surface area contributed by atoms with E-state index < -0.39 is 0 Å². The van der Waals surface area contributed by atoms with Gasteiger partial charge in [0.1, 0.15) is 5.75 Å². The van der Waals surface area contributed by atoms with E-state index in [0.717, 1.165) is 19.5 Å². The van der Waals surface area contributed by atoms with E-state index in [0.29, 0.717) is 18.2 Å². The second-order valence-electron chi connectivity index (χ2n) is 6.62. The second-order valence-corrected chi connectivity index (χ2v) is 6.62. The molecule has 0 spiro atoms. The summed E-state index contributed by atoms with van der Waals surface area (Å²) in [6.07, 6.45) is 1.05. The van der Waals surface area contributed by atoms with Crippen LogP contribution in [0.4, 0.5) is 5.69 Å². The van der Waals surface area contributed by atoms with Gasteiger partial charge in [-0.15, -0.1) is 0 Å². The van der Waals surface area contributed by atoms with Crippen LogP contribution in [-0.4, -0.2) is 44.6 Å². The largest absolute Gasteiger partial charge is 0.484 e. The van der Waals surface area contributed by atoms with Crippen LogP contribution in [0.15, 0.2) is 60.7 Å². The third kappa shape index (κ3) is 6.02. The Morgan fingerprint density at radius 2 is 1.67 bits per heavy atom. The van der Waals surface area contributed by atoms with Crippen LogP contribution >= 0.6 is 0 Å².